The van der Waals surface area contributed by atoms with Gasteiger partial charge in [-0.05, 0) is 12.1 Å². The van der Waals surface area contributed by atoms with E-state index < -0.39 is 0 Å². The molecule has 0 saturated heterocycles. The Morgan fingerprint density at radius 1 is 1.16 bits per heavy atom. The molecule has 128 valence electrons. The van der Waals surface area contributed by atoms with Gasteiger partial charge in [-0.3, -0.25) is 0 Å². The van der Waals surface area contributed by atoms with Gasteiger partial charge < -0.3 is 16.4 Å². The molecule has 2 heterocycles. The number of para-hydroxylation sites is 1. The van der Waals surface area contributed by atoms with Crippen molar-refractivity contribution in [2.24, 2.45) is 0 Å². The number of hydrogen-bond donors (Lipinski definition) is 3. The molecular weight excluding hydrogens is 356 g/mol. The third-order valence-electron chi connectivity index (χ3n) is 2.86. The lowest BCUT2D eigenvalue weighted by molar-refractivity contribution is 0.974. The zero-order valence-corrected chi connectivity index (χ0v) is 14.8. The van der Waals surface area contributed by atoms with E-state index in [1.165, 1.54) is 23.1 Å². The summed E-state index contributed by atoms with van der Waals surface area (Å²) in [5.41, 5.74) is 6.67. The standard InChI is InChI=1S/C15H16N8S2/c1-2-8-17-14-22-23-15(25-14)24-9-11-19-12(16)21-13(20-11)18-10-6-4-3-5-7-10/h2-7H,1,8-9H2,(H,17,22)(H3,16,18,19,20,21). The smallest absolute Gasteiger partial charge is 0.232 e. The topological polar surface area (TPSA) is 115 Å². The van der Waals surface area contributed by atoms with E-state index in [9.17, 15) is 0 Å². The number of nitrogens with zero attached hydrogens (tertiary/aromatic N) is 5. The molecule has 0 radical (unpaired) electrons. The van der Waals surface area contributed by atoms with E-state index in [2.05, 4.69) is 42.4 Å². The van der Waals surface area contributed by atoms with Crippen molar-refractivity contribution in [1.29, 1.82) is 0 Å². The van der Waals surface area contributed by atoms with Gasteiger partial charge in [-0.2, -0.15) is 15.0 Å². The maximum absolute atomic E-state index is 5.78. The summed E-state index contributed by atoms with van der Waals surface area (Å²) < 4.78 is 0.822. The van der Waals surface area contributed by atoms with Crippen LogP contribution in [0.1, 0.15) is 5.82 Å². The van der Waals surface area contributed by atoms with Crippen LogP contribution in [0.5, 0.6) is 0 Å². The highest BCUT2D eigenvalue weighted by Gasteiger charge is 2.09. The Morgan fingerprint density at radius 2 is 2.00 bits per heavy atom. The fraction of sp³-hybridized carbons (Fsp3) is 0.133. The first kappa shape index (κ1) is 17.1. The van der Waals surface area contributed by atoms with Crippen molar-refractivity contribution >= 4 is 45.8 Å². The summed E-state index contributed by atoms with van der Waals surface area (Å²) in [7, 11) is 0. The SMILES string of the molecule is C=CCNc1nnc(SCc2nc(N)nc(Nc3ccccc3)n2)s1. The van der Waals surface area contributed by atoms with Gasteiger partial charge in [-0.15, -0.1) is 16.8 Å². The van der Waals surface area contributed by atoms with Gasteiger partial charge in [-0.25, -0.2) is 0 Å². The number of rotatable bonds is 8. The summed E-state index contributed by atoms with van der Waals surface area (Å²) in [4.78, 5) is 12.7. The third-order valence-corrected chi connectivity index (χ3v) is 4.87. The lowest BCUT2D eigenvalue weighted by Gasteiger charge is -2.06. The first-order chi connectivity index (χ1) is 12.2. The molecule has 10 heteroatoms. The number of nitrogens with two attached hydrogens (primary N) is 1. The van der Waals surface area contributed by atoms with Crippen LogP contribution in [0.15, 0.2) is 47.3 Å². The molecular formula is C15H16N8S2. The molecule has 0 saturated carbocycles. The maximum atomic E-state index is 5.78. The van der Waals surface area contributed by atoms with E-state index in [0.29, 0.717) is 24.1 Å². The van der Waals surface area contributed by atoms with Crippen LogP contribution in [0, 0.1) is 0 Å². The Bertz CT molecular complexity index is 837. The predicted octanol–water partition coefficient (Wildman–Crippen LogP) is 2.94. The van der Waals surface area contributed by atoms with Crippen LogP contribution in [0.2, 0.25) is 0 Å². The van der Waals surface area contributed by atoms with E-state index in [1.54, 1.807) is 6.08 Å². The van der Waals surface area contributed by atoms with Gasteiger partial charge in [0, 0.05) is 12.2 Å². The Morgan fingerprint density at radius 3 is 2.80 bits per heavy atom. The number of benzene rings is 1. The highest BCUT2D eigenvalue weighted by Crippen LogP contribution is 2.27. The molecule has 4 N–H and O–H groups in total. The highest BCUT2D eigenvalue weighted by molar-refractivity contribution is 8.00. The van der Waals surface area contributed by atoms with Crippen molar-refractivity contribution in [3.05, 3.63) is 48.8 Å². The molecule has 0 aliphatic rings. The number of aromatic nitrogens is 5. The van der Waals surface area contributed by atoms with Gasteiger partial charge in [-0.1, -0.05) is 47.4 Å². The van der Waals surface area contributed by atoms with Gasteiger partial charge in [0.2, 0.25) is 17.0 Å². The molecule has 2 aromatic heterocycles. The molecule has 0 atom stereocenters. The Labute approximate surface area is 153 Å². The first-order valence-corrected chi connectivity index (χ1v) is 9.16. The average Bonchev–Trinajstić information content (AvgIpc) is 3.06. The first-order valence-electron chi connectivity index (χ1n) is 7.36. The van der Waals surface area contributed by atoms with Crippen molar-refractivity contribution in [1.82, 2.24) is 25.1 Å². The number of nitrogens with one attached hydrogen (secondary N) is 2. The minimum atomic E-state index is 0.176. The van der Waals surface area contributed by atoms with Crippen molar-refractivity contribution < 1.29 is 0 Å². The second kappa shape index (κ2) is 8.40. The van der Waals surface area contributed by atoms with Crippen LogP contribution >= 0.6 is 23.1 Å². The lowest BCUT2D eigenvalue weighted by atomic mass is 10.3. The lowest BCUT2D eigenvalue weighted by Crippen LogP contribution is -2.06. The van der Waals surface area contributed by atoms with Gasteiger partial charge in [0.15, 0.2) is 4.34 Å². The molecule has 0 bridgehead atoms. The molecule has 1 aromatic carbocycles. The van der Waals surface area contributed by atoms with Crippen LogP contribution in [0.3, 0.4) is 0 Å². The molecule has 0 aliphatic carbocycles. The summed E-state index contributed by atoms with van der Waals surface area (Å²) in [5, 5.41) is 15.1. The van der Waals surface area contributed by atoms with E-state index in [-0.39, 0.29) is 5.95 Å². The Balaban J connectivity index is 1.64. The van der Waals surface area contributed by atoms with Gasteiger partial charge >= 0.3 is 0 Å². The summed E-state index contributed by atoms with van der Waals surface area (Å²) in [6, 6.07) is 9.64. The zero-order chi connectivity index (χ0) is 17.5. The van der Waals surface area contributed by atoms with Crippen LogP contribution in [0.25, 0.3) is 0 Å². The van der Waals surface area contributed by atoms with Crippen LogP contribution in [0.4, 0.5) is 22.7 Å². The van der Waals surface area contributed by atoms with E-state index in [1.807, 2.05) is 30.3 Å². The predicted molar refractivity (Wildman–Crippen MR) is 102 cm³/mol. The minimum absolute atomic E-state index is 0.176. The van der Waals surface area contributed by atoms with Crippen molar-refractivity contribution in [3.63, 3.8) is 0 Å². The van der Waals surface area contributed by atoms with Crippen molar-refractivity contribution in [2.75, 3.05) is 22.9 Å². The van der Waals surface area contributed by atoms with E-state index in [4.69, 9.17) is 5.73 Å². The Hall–Kier alpha value is -2.72. The largest absolute Gasteiger partial charge is 0.368 e. The second-order valence-corrected chi connectivity index (χ2v) is 6.96. The van der Waals surface area contributed by atoms with E-state index in [0.717, 1.165) is 15.2 Å². The normalized spacial score (nSPS) is 10.4. The molecule has 3 rings (SSSR count). The molecule has 0 fully saturated rings. The summed E-state index contributed by atoms with van der Waals surface area (Å²) >= 11 is 2.96. The van der Waals surface area contributed by atoms with Crippen molar-refractivity contribution in [2.45, 2.75) is 10.1 Å². The van der Waals surface area contributed by atoms with Crippen LogP contribution in [-0.4, -0.2) is 31.7 Å². The molecule has 3 aromatic rings. The monoisotopic (exact) mass is 372 g/mol. The van der Waals surface area contributed by atoms with Gasteiger partial charge in [0.25, 0.3) is 0 Å². The fourth-order valence-corrected chi connectivity index (χ4v) is 3.45. The number of thioether (sulfide) groups is 1. The third kappa shape index (κ3) is 5.13. The van der Waals surface area contributed by atoms with Crippen LogP contribution in [-0.2, 0) is 5.75 Å². The molecule has 0 amide bonds. The zero-order valence-electron chi connectivity index (χ0n) is 13.2. The van der Waals surface area contributed by atoms with E-state index >= 15 is 0 Å². The quantitative estimate of drug-likeness (QED) is 0.405. The molecule has 0 spiro atoms. The molecule has 25 heavy (non-hydrogen) atoms. The summed E-state index contributed by atoms with van der Waals surface area (Å²) in [6.45, 7) is 4.30. The fourth-order valence-electron chi connectivity index (χ4n) is 1.83. The highest BCUT2D eigenvalue weighted by atomic mass is 32.2. The average molecular weight is 372 g/mol. The second-order valence-electron chi connectivity index (χ2n) is 4.76. The number of nitrogen functional groups attached to an aromatic ring is 1. The van der Waals surface area contributed by atoms with Gasteiger partial charge in [0.05, 0.1) is 5.75 Å². The van der Waals surface area contributed by atoms with Crippen molar-refractivity contribution in [3.8, 4) is 0 Å². The number of anilines is 4. The van der Waals surface area contributed by atoms with Gasteiger partial charge in [0.1, 0.15) is 5.82 Å². The maximum Gasteiger partial charge on any atom is 0.232 e. The molecule has 0 unspecified atom stereocenters. The number of hydrogen-bond acceptors (Lipinski definition) is 10. The molecule has 8 nitrogen and oxygen atoms in total. The molecule has 0 aliphatic heterocycles. The summed E-state index contributed by atoms with van der Waals surface area (Å²) in [6.07, 6.45) is 1.77. The Kier molecular flexibility index (Phi) is 5.75. The van der Waals surface area contributed by atoms with Crippen LogP contribution < -0.4 is 16.4 Å². The summed E-state index contributed by atoms with van der Waals surface area (Å²) in [5.74, 6) is 1.69. The minimum Gasteiger partial charge on any atom is -0.368 e.